The van der Waals surface area contributed by atoms with Crippen LogP contribution in [0.25, 0.3) is 5.52 Å². The third-order valence-corrected chi connectivity index (χ3v) is 7.11. The lowest BCUT2D eigenvalue weighted by atomic mass is 10.0. The first-order chi connectivity index (χ1) is 13.8. The molecule has 3 aromatic heterocycles. The van der Waals surface area contributed by atoms with Gasteiger partial charge in [-0.15, -0.1) is 11.3 Å². The number of hydrogen-bond acceptors (Lipinski definition) is 7. The monoisotopic (exact) mass is 430 g/mol. The van der Waals surface area contributed by atoms with Gasteiger partial charge in [0.2, 0.25) is 0 Å². The van der Waals surface area contributed by atoms with E-state index in [1.165, 1.54) is 18.7 Å². The van der Waals surface area contributed by atoms with Crippen LogP contribution in [0.5, 0.6) is 0 Å². The number of nitrogens with zero attached hydrogens (tertiary/aromatic N) is 3. The Morgan fingerprint density at radius 2 is 2.14 bits per heavy atom. The van der Waals surface area contributed by atoms with E-state index in [0.29, 0.717) is 9.75 Å². The number of nitrogens with one attached hydrogen (secondary N) is 1. The van der Waals surface area contributed by atoms with Gasteiger partial charge in [0.05, 0.1) is 22.3 Å². The topological polar surface area (TPSA) is 96.6 Å². The van der Waals surface area contributed by atoms with Gasteiger partial charge in [-0.1, -0.05) is 11.8 Å². The molecule has 0 saturated heterocycles. The minimum absolute atomic E-state index is 0.0705. The lowest BCUT2D eigenvalue weighted by molar-refractivity contribution is -0.138. The molecule has 0 bridgehead atoms. The predicted molar refractivity (Wildman–Crippen MR) is 113 cm³/mol. The fourth-order valence-electron chi connectivity index (χ4n) is 2.97. The first-order valence-electron chi connectivity index (χ1n) is 9.37. The Kier molecular flexibility index (Phi) is 5.22. The van der Waals surface area contributed by atoms with Crippen molar-refractivity contribution in [3.63, 3.8) is 0 Å². The van der Waals surface area contributed by atoms with Gasteiger partial charge >= 0.3 is 0 Å². The van der Waals surface area contributed by atoms with Crippen molar-refractivity contribution in [1.82, 2.24) is 19.7 Å². The maximum Gasteiger partial charge on any atom is 0.257 e. The Morgan fingerprint density at radius 3 is 2.86 bits per heavy atom. The molecule has 1 aliphatic rings. The second kappa shape index (κ2) is 7.55. The molecule has 29 heavy (non-hydrogen) atoms. The molecule has 7 nitrogen and oxygen atoms in total. The number of ketones is 1. The van der Waals surface area contributed by atoms with Crippen molar-refractivity contribution in [2.24, 2.45) is 0 Å². The highest BCUT2D eigenvalue weighted by Gasteiger charge is 2.37. The SMILES string of the molecule is Cc1cc2cnc(C)n2c(SCC(=O)c2ccc([C@@](C)(O)C(=O)NC3CC3)s2)n1. The van der Waals surface area contributed by atoms with E-state index in [0.717, 1.165) is 46.4 Å². The van der Waals surface area contributed by atoms with E-state index >= 15 is 0 Å². The fourth-order valence-corrected chi connectivity index (χ4v) is 5.04. The van der Waals surface area contributed by atoms with Gasteiger partial charge < -0.3 is 10.4 Å². The molecule has 1 saturated carbocycles. The summed E-state index contributed by atoms with van der Waals surface area (Å²) in [5, 5.41) is 14.2. The summed E-state index contributed by atoms with van der Waals surface area (Å²) in [5.41, 5.74) is 0.168. The normalized spacial score (nSPS) is 16.0. The van der Waals surface area contributed by atoms with E-state index in [1.54, 1.807) is 18.3 Å². The first-order valence-corrected chi connectivity index (χ1v) is 11.2. The molecule has 2 N–H and O–H groups in total. The van der Waals surface area contributed by atoms with E-state index < -0.39 is 11.5 Å². The average molecular weight is 431 g/mol. The van der Waals surface area contributed by atoms with Gasteiger partial charge in [0.15, 0.2) is 16.5 Å². The highest BCUT2D eigenvalue weighted by atomic mass is 32.2. The molecule has 3 aromatic rings. The van der Waals surface area contributed by atoms with Crippen molar-refractivity contribution in [2.45, 2.75) is 50.4 Å². The zero-order valence-electron chi connectivity index (χ0n) is 16.4. The molecule has 0 aliphatic heterocycles. The van der Waals surface area contributed by atoms with Crippen LogP contribution in [0, 0.1) is 13.8 Å². The minimum atomic E-state index is -1.64. The lowest BCUT2D eigenvalue weighted by Gasteiger charge is -2.20. The largest absolute Gasteiger partial charge is 0.375 e. The Labute approximate surface area is 176 Å². The molecule has 1 aliphatic carbocycles. The Balaban J connectivity index is 1.47. The molecule has 9 heteroatoms. The first kappa shape index (κ1) is 20.1. The molecule has 1 fully saturated rings. The van der Waals surface area contributed by atoms with E-state index in [-0.39, 0.29) is 17.6 Å². The van der Waals surface area contributed by atoms with Crippen molar-refractivity contribution in [1.29, 1.82) is 0 Å². The third kappa shape index (κ3) is 4.08. The number of thiophene rings is 1. The van der Waals surface area contributed by atoms with Crippen LogP contribution in [-0.4, -0.2) is 43.0 Å². The summed E-state index contributed by atoms with van der Waals surface area (Å²) in [5.74, 6) is 0.536. The molecule has 0 radical (unpaired) electrons. The summed E-state index contributed by atoms with van der Waals surface area (Å²) in [6.45, 7) is 5.28. The number of hydrogen-bond donors (Lipinski definition) is 2. The maximum absolute atomic E-state index is 12.7. The smallest absolute Gasteiger partial charge is 0.257 e. The number of thioether (sulfide) groups is 1. The summed E-state index contributed by atoms with van der Waals surface area (Å²) < 4.78 is 1.93. The van der Waals surface area contributed by atoms with E-state index in [4.69, 9.17) is 0 Å². The number of carbonyl (C=O) groups is 2. The number of imidazole rings is 1. The van der Waals surface area contributed by atoms with Gasteiger partial charge in [-0.25, -0.2) is 9.97 Å². The molecule has 0 aromatic carbocycles. The van der Waals surface area contributed by atoms with Crippen LogP contribution in [0.3, 0.4) is 0 Å². The Hall–Kier alpha value is -2.23. The molecule has 4 rings (SSSR count). The molecule has 152 valence electrons. The second-order valence-electron chi connectivity index (χ2n) is 7.44. The second-order valence-corrected chi connectivity index (χ2v) is 9.47. The lowest BCUT2D eigenvalue weighted by Crippen LogP contribution is -2.42. The number of amides is 1. The van der Waals surface area contributed by atoms with Gasteiger partial charge in [0.1, 0.15) is 5.82 Å². The molecule has 3 heterocycles. The zero-order chi connectivity index (χ0) is 20.8. The molecule has 0 unspecified atom stereocenters. The standard InChI is InChI=1S/C20H22N4O3S2/c1-11-8-14-9-21-12(2)24(14)19(22-11)28-10-15(25)16-6-7-17(29-16)20(3,27)18(26)23-13-4-5-13/h6-9,13,27H,4-5,10H2,1-3H3,(H,23,26)/t20-/m1/s1. The number of Topliss-reactive ketones (excluding diaryl/α,β-unsaturated/α-hetero) is 1. The quantitative estimate of drug-likeness (QED) is 0.340. The molecule has 0 spiro atoms. The number of aliphatic hydroxyl groups is 1. The van der Waals surface area contributed by atoms with Gasteiger partial charge in [-0.2, -0.15) is 0 Å². The summed E-state index contributed by atoms with van der Waals surface area (Å²) in [6.07, 6.45) is 3.68. The van der Waals surface area contributed by atoms with Crippen molar-refractivity contribution in [2.75, 3.05) is 5.75 Å². The van der Waals surface area contributed by atoms with E-state index in [1.807, 2.05) is 24.3 Å². The van der Waals surface area contributed by atoms with Crippen LogP contribution in [0.15, 0.2) is 29.6 Å². The highest BCUT2D eigenvalue weighted by molar-refractivity contribution is 7.99. The highest BCUT2D eigenvalue weighted by Crippen LogP contribution is 2.31. The van der Waals surface area contributed by atoms with Crippen LogP contribution < -0.4 is 5.32 Å². The van der Waals surface area contributed by atoms with Crippen molar-refractivity contribution in [3.8, 4) is 0 Å². The van der Waals surface area contributed by atoms with Crippen LogP contribution >= 0.6 is 23.1 Å². The Bertz CT molecular complexity index is 1100. The summed E-state index contributed by atoms with van der Waals surface area (Å²) in [6, 6.07) is 5.44. The summed E-state index contributed by atoms with van der Waals surface area (Å²) >= 11 is 2.51. The van der Waals surface area contributed by atoms with Gasteiger partial charge in [0, 0.05) is 16.6 Å². The fraction of sp³-hybridized carbons (Fsp3) is 0.400. The molecular formula is C20H22N4O3S2. The maximum atomic E-state index is 12.7. The van der Waals surface area contributed by atoms with Crippen LogP contribution in [0.1, 0.15) is 45.8 Å². The van der Waals surface area contributed by atoms with Crippen LogP contribution in [-0.2, 0) is 10.4 Å². The van der Waals surface area contributed by atoms with Crippen LogP contribution in [0.4, 0.5) is 0 Å². The third-order valence-electron chi connectivity index (χ3n) is 4.83. The number of aryl methyl sites for hydroxylation is 2. The summed E-state index contributed by atoms with van der Waals surface area (Å²) in [4.78, 5) is 34.9. The average Bonchev–Trinajstić information content (AvgIpc) is 3.19. The number of carbonyl (C=O) groups excluding carboxylic acids is 2. The predicted octanol–water partition coefficient (Wildman–Crippen LogP) is 2.87. The van der Waals surface area contributed by atoms with Gasteiger partial charge in [-0.05, 0) is 51.8 Å². The molecule has 1 atom stereocenters. The van der Waals surface area contributed by atoms with Crippen molar-refractivity contribution >= 4 is 40.3 Å². The van der Waals surface area contributed by atoms with Gasteiger partial charge in [0.25, 0.3) is 5.91 Å². The zero-order valence-corrected chi connectivity index (χ0v) is 18.1. The van der Waals surface area contributed by atoms with Gasteiger partial charge in [-0.3, -0.25) is 14.0 Å². The molecule has 1 amide bonds. The number of aromatic nitrogens is 3. The van der Waals surface area contributed by atoms with Crippen molar-refractivity contribution in [3.05, 3.63) is 45.7 Å². The Morgan fingerprint density at radius 1 is 1.38 bits per heavy atom. The van der Waals surface area contributed by atoms with Crippen LogP contribution in [0.2, 0.25) is 0 Å². The molecular weight excluding hydrogens is 408 g/mol. The number of fused-ring (bicyclic) bond motifs is 1. The van der Waals surface area contributed by atoms with E-state index in [9.17, 15) is 14.7 Å². The number of rotatable bonds is 7. The summed E-state index contributed by atoms with van der Waals surface area (Å²) in [7, 11) is 0. The minimum Gasteiger partial charge on any atom is -0.375 e. The van der Waals surface area contributed by atoms with E-state index in [2.05, 4.69) is 15.3 Å². The van der Waals surface area contributed by atoms with Crippen molar-refractivity contribution < 1.29 is 14.7 Å².